The molecule has 0 saturated carbocycles. The molecule has 2 bridgehead atoms. The maximum atomic E-state index is 17.0. The van der Waals surface area contributed by atoms with Crippen LogP contribution in [0.3, 0.4) is 0 Å². The number of benzene rings is 2. The molecule has 0 radical (unpaired) electrons. The molecule has 4 aromatic rings. The van der Waals surface area contributed by atoms with Gasteiger partial charge < -0.3 is 25.6 Å². The highest BCUT2D eigenvalue weighted by Gasteiger charge is 2.40. The summed E-state index contributed by atoms with van der Waals surface area (Å²) in [6.07, 6.45) is -2.07. The molecule has 0 unspecified atom stereocenters. The highest BCUT2D eigenvalue weighted by molar-refractivity contribution is 7.23. The average Bonchev–Trinajstić information content (AvgIpc) is 3.55. The van der Waals surface area contributed by atoms with Crippen molar-refractivity contribution in [2.24, 2.45) is 5.41 Å². The van der Waals surface area contributed by atoms with Crippen molar-refractivity contribution < 1.29 is 26.7 Å². The van der Waals surface area contributed by atoms with Crippen LogP contribution in [0.4, 0.5) is 32.8 Å². The van der Waals surface area contributed by atoms with Gasteiger partial charge in [0.05, 0.1) is 17.5 Å². The molecule has 0 amide bonds. The fourth-order valence-electron chi connectivity index (χ4n) is 7.38. The number of likely N-dealkylation sites (tertiary alicyclic amines) is 1. The van der Waals surface area contributed by atoms with Crippen LogP contribution in [0.5, 0.6) is 6.01 Å². The van der Waals surface area contributed by atoms with Crippen molar-refractivity contribution in [3.05, 3.63) is 53.1 Å². The smallest absolute Gasteiger partial charge is 0.417 e. The molecular weight excluding hydrogens is 637 g/mol. The molecule has 3 atom stereocenters. The summed E-state index contributed by atoms with van der Waals surface area (Å²) in [6, 6.07) is 7.35. The minimum atomic E-state index is -4.97. The van der Waals surface area contributed by atoms with Crippen molar-refractivity contribution in [2.75, 3.05) is 50.5 Å². The van der Waals surface area contributed by atoms with Gasteiger partial charge in [0.25, 0.3) is 0 Å². The first-order valence-corrected chi connectivity index (χ1v) is 16.2. The third-order valence-corrected chi connectivity index (χ3v) is 10.6. The van der Waals surface area contributed by atoms with Gasteiger partial charge in [-0.2, -0.15) is 28.4 Å². The molecule has 2 aromatic carbocycles. The second kappa shape index (κ2) is 11.6. The van der Waals surface area contributed by atoms with Crippen molar-refractivity contribution in [2.45, 2.75) is 44.4 Å². The molecule has 2 aromatic heterocycles. The molecule has 3 N–H and O–H groups in total. The first-order chi connectivity index (χ1) is 22.4. The van der Waals surface area contributed by atoms with E-state index in [2.05, 4.69) is 20.2 Å². The van der Waals surface area contributed by atoms with Crippen LogP contribution >= 0.6 is 11.3 Å². The number of halogens is 5. The number of rotatable bonds is 5. The topological polar surface area (TPSA) is 103 Å². The van der Waals surface area contributed by atoms with Crippen LogP contribution in [0.2, 0.25) is 0 Å². The fourth-order valence-corrected chi connectivity index (χ4v) is 8.32. The summed E-state index contributed by atoms with van der Waals surface area (Å²) < 4.78 is 82.2. The third kappa shape index (κ3) is 5.44. The Morgan fingerprint density at radius 1 is 1.23 bits per heavy atom. The van der Waals surface area contributed by atoms with E-state index >= 15 is 4.39 Å². The Kier molecular flexibility index (Phi) is 7.76. The molecule has 3 saturated heterocycles. The largest absolute Gasteiger partial charge is 0.462 e. The van der Waals surface area contributed by atoms with Crippen molar-refractivity contribution in [1.82, 2.24) is 20.2 Å². The number of thiophene rings is 1. The zero-order valence-corrected chi connectivity index (χ0v) is 26.5. The third-order valence-electron chi connectivity index (χ3n) is 9.64. The van der Waals surface area contributed by atoms with Gasteiger partial charge in [-0.05, 0) is 49.6 Å². The molecule has 3 aliphatic rings. The summed E-state index contributed by atoms with van der Waals surface area (Å²) in [5.74, 6) is -1.07. The highest BCUT2D eigenvalue weighted by Crippen LogP contribution is 2.48. The lowest BCUT2D eigenvalue weighted by atomic mass is 9.78. The SMILES string of the molecule is CN1CC/C(=C\F)[C@](C)(COc2nc(N3C[C@H]4CC[C@@H](C3)N4)c3cc(C(F)(F)F)c(-c4cccc5sc(N)c(C#N)c45)c(F)c3n2)C1. The Hall–Kier alpha value is -4.06. The van der Waals surface area contributed by atoms with E-state index in [4.69, 9.17) is 10.5 Å². The fraction of sp³-hybridized carbons (Fsp3) is 0.424. The van der Waals surface area contributed by atoms with Gasteiger partial charge in [0.15, 0.2) is 5.82 Å². The second-order valence-corrected chi connectivity index (χ2v) is 14.1. The lowest BCUT2D eigenvalue weighted by molar-refractivity contribution is -0.137. The standard InChI is InChI=1S/C33H32F5N7OS/c1-32(15-44(2)9-8-17(32)11-34)16-46-31-42-28-21(30(43-31)45-13-18-6-7-19(14-45)41-18)10-23(33(36,37)38)26(27(28)35)20-4-3-5-24-25(20)22(12-39)29(40)47-24/h3-5,10-11,18-19,41H,6-9,13-16,40H2,1-2H3/b17-11+/t18-,19+,32-/m0/s1. The van der Waals surface area contributed by atoms with Crippen LogP contribution in [0.25, 0.3) is 32.1 Å². The van der Waals surface area contributed by atoms with E-state index in [9.17, 15) is 22.8 Å². The van der Waals surface area contributed by atoms with Gasteiger partial charge in [-0.3, -0.25) is 0 Å². The normalized spacial score (nSPS) is 24.4. The van der Waals surface area contributed by atoms with Gasteiger partial charge >= 0.3 is 12.2 Å². The molecule has 8 nitrogen and oxygen atoms in total. The molecule has 3 fully saturated rings. The first kappa shape index (κ1) is 31.5. The number of fused-ring (bicyclic) bond motifs is 4. The zero-order valence-electron chi connectivity index (χ0n) is 25.7. The monoisotopic (exact) mass is 669 g/mol. The Labute approximate surface area is 271 Å². The summed E-state index contributed by atoms with van der Waals surface area (Å²) in [5.41, 5.74) is 3.46. The van der Waals surface area contributed by atoms with Crippen LogP contribution in [-0.4, -0.2) is 66.8 Å². The maximum Gasteiger partial charge on any atom is 0.417 e. The van der Waals surface area contributed by atoms with Crippen molar-refractivity contribution in [3.8, 4) is 23.2 Å². The number of ether oxygens (including phenoxy) is 1. The predicted octanol–water partition coefficient (Wildman–Crippen LogP) is 6.64. The minimum Gasteiger partial charge on any atom is -0.462 e. The van der Waals surface area contributed by atoms with Crippen LogP contribution in [0.1, 0.15) is 37.3 Å². The van der Waals surface area contributed by atoms with Gasteiger partial charge in [0.2, 0.25) is 0 Å². The van der Waals surface area contributed by atoms with Crippen LogP contribution in [0.15, 0.2) is 36.2 Å². The number of hydrogen-bond donors (Lipinski definition) is 2. The number of piperazine rings is 1. The molecule has 7 rings (SSSR count). The zero-order chi connectivity index (χ0) is 33.2. The average molecular weight is 670 g/mol. The Bertz CT molecular complexity index is 1960. The van der Waals surface area contributed by atoms with E-state index in [1.54, 1.807) is 6.07 Å². The Morgan fingerprint density at radius 3 is 2.66 bits per heavy atom. The van der Waals surface area contributed by atoms with Gasteiger partial charge in [0, 0.05) is 64.7 Å². The summed E-state index contributed by atoms with van der Waals surface area (Å²) in [7, 11) is 1.92. The number of nitrogens with two attached hydrogens (primary N) is 1. The number of hydrogen-bond acceptors (Lipinski definition) is 9. The molecule has 47 heavy (non-hydrogen) atoms. The first-order valence-electron chi connectivity index (χ1n) is 15.3. The van der Waals surface area contributed by atoms with E-state index in [0.717, 1.165) is 30.2 Å². The van der Waals surface area contributed by atoms with Gasteiger partial charge in [-0.15, -0.1) is 11.3 Å². The van der Waals surface area contributed by atoms with Crippen molar-refractivity contribution in [3.63, 3.8) is 0 Å². The van der Waals surface area contributed by atoms with Crippen LogP contribution < -0.4 is 20.7 Å². The lowest BCUT2D eigenvalue weighted by Crippen LogP contribution is -2.51. The lowest BCUT2D eigenvalue weighted by Gasteiger charge is -2.40. The highest BCUT2D eigenvalue weighted by atomic mass is 32.1. The number of aromatic nitrogens is 2. The van der Waals surface area contributed by atoms with E-state index in [1.165, 1.54) is 12.1 Å². The number of nitrogen functional groups attached to an aromatic ring is 1. The molecular formula is C33H32F5N7OS. The quantitative estimate of drug-likeness (QED) is 0.228. The minimum absolute atomic E-state index is 0.0145. The van der Waals surface area contributed by atoms with Crippen LogP contribution in [-0.2, 0) is 6.18 Å². The number of piperidine rings is 1. The predicted molar refractivity (Wildman–Crippen MR) is 172 cm³/mol. The van der Waals surface area contributed by atoms with Gasteiger partial charge in [0.1, 0.15) is 29.0 Å². The number of nitrogens with one attached hydrogen (secondary N) is 1. The number of nitriles is 1. The molecule has 14 heteroatoms. The second-order valence-electron chi connectivity index (χ2n) is 13.0. The Morgan fingerprint density at radius 2 is 1.98 bits per heavy atom. The summed E-state index contributed by atoms with van der Waals surface area (Å²) in [6.45, 7) is 3.93. The van der Waals surface area contributed by atoms with Crippen molar-refractivity contribution >= 4 is 43.1 Å². The summed E-state index contributed by atoms with van der Waals surface area (Å²) in [4.78, 5) is 12.9. The summed E-state index contributed by atoms with van der Waals surface area (Å²) in [5, 5.41) is 13.5. The van der Waals surface area contributed by atoms with Crippen molar-refractivity contribution in [1.29, 1.82) is 5.26 Å². The van der Waals surface area contributed by atoms with Crippen LogP contribution in [0, 0.1) is 22.6 Å². The Balaban J connectivity index is 1.45. The molecule has 3 aliphatic heterocycles. The number of nitrogens with zero attached hydrogens (tertiary/aromatic N) is 5. The summed E-state index contributed by atoms with van der Waals surface area (Å²) >= 11 is 1.05. The van der Waals surface area contributed by atoms with E-state index in [-0.39, 0.29) is 62.9 Å². The van der Waals surface area contributed by atoms with Gasteiger partial charge in [-0.25, -0.2) is 8.78 Å². The van der Waals surface area contributed by atoms with E-state index in [0.29, 0.717) is 49.2 Å². The molecule has 0 spiro atoms. The van der Waals surface area contributed by atoms with E-state index in [1.807, 2.05) is 24.9 Å². The molecule has 246 valence electrons. The van der Waals surface area contributed by atoms with E-state index < -0.39 is 28.5 Å². The number of alkyl halides is 3. The number of anilines is 2. The molecule has 0 aliphatic carbocycles. The molecule has 5 heterocycles. The van der Waals surface area contributed by atoms with Gasteiger partial charge in [-0.1, -0.05) is 19.1 Å². The maximum absolute atomic E-state index is 17.0.